The number of allylic oxidation sites excluding steroid dienone is 1. The number of hydrogen-bond acceptors (Lipinski definition) is 7. The molecule has 2 heterocycles. The molecule has 3 aromatic rings. The highest BCUT2D eigenvalue weighted by atomic mass is 79.9. The predicted molar refractivity (Wildman–Crippen MR) is 128 cm³/mol. The molecule has 1 atom stereocenters. The highest BCUT2D eigenvalue weighted by Gasteiger charge is 2.31. The normalized spacial score (nSPS) is 15.7. The van der Waals surface area contributed by atoms with E-state index in [1.807, 2.05) is 24.3 Å². The standard InChI is InChI=1S/C23H18BrN3O5S/c1-3-32-22(29)19-13(2)26-21(28)18(12-14-4-10-17(11-5-14)27(30)31)33-23(26)25-20(19)15-6-8-16(24)9-7-15/h4-12,20H,3H2,1-2H3/b18-12-/t20-/m1/s1. The molecule has 0 spiro atoms. The van der Waals surface area contributed by atoms with Gasteiger partial charge in [0.1, 0.15) is 6.04 Å². The first-order valence-electron chi connectivity index (χ1n) is 9.99. The van der Waals surface area contributed by atoms with E-state index in [1.54, 1.807) is 32.1 Å². The Bertz CT molecular complexity index is 1450. The second kappa shape index (κ2) is 9.24. The van der Waals surface area contributed by atoms with E-state index in [0.29, 0.717) is 26.2 Å². The zero-order valence-electron chi connectivity index (χ0n) is 17.6. The zero-order valence-corrected chi connectivity index (χ0v) is 20.1. The van der Waals surface area contributed by atoms with Gasteiger partial charge in [0.25, 0.3) is 11.2 Å². The zero-order chi connectivity index (χ0) is 23.7. The summed E-state index contributed by atoms with van der Waals surface area (Å²) in [7, 11) is 0. The van der Waals surface area contributed by atoms with Gasteiger partial charge >= 0.3 is 5.97 Å². The summed E-state index contributed by atoms with van der Waals surface area (Å²) in [6.07, 6.45) is 1.66. The maximum Gasteiger partial charge on any atom is 0.338 e. The highest BCUT2D eigenvalue weighted by molar-refractivity contribution is 9.10. The average Bonchev–Trinajstić information content (AvgIpc) is 3.10. The van der Waals surface area contributed by atoms with Crippen molar-refractivity contribution < 1.29 is 14.5 Å². The van der Waals surface area contributed by atoms with Crippen LogP contribution in [0.1, 0.15) is 31.0 Å². The van der Waals surface area contributed by atoms with Gasteiger partial charge in [-0.25, -0.2) is 9.79 Å². The van der Waals surface area contributed by atoms with Crippen molar-refractivity contribution in [3.63, 3.8) is 0 Å². The molecule has 2 aromatic carbocycles. The number of hydrogen-bond donors (Lipinski definition) is 0. The molecule has 10 heteroatoms. The van der Waals surface area contributed by atoms with Crippen LogP contribution in [0.4, 0.5) is 5.69 Å². The smallest absolute Gasteiger partial charge is 0.338 e. The first kappa shape index (κ1) is 22.8. The molecule has 168 valence electrons. The van der Waals surface area contributed by atoms with Crippen LogP contribution in [0.15, 0.2) is 68.4 Å². The molecule has 0 saturated carbocycles. The number of carbonyl (C=O) groups is 1. The van der Waals surface area contributed by atoms with Crippen LogP contribution in [0.2, 0.25) is 0 Å². The maximum atomic E-state index is 13.2. The van der Waals surface area contributed by atoms with Gasteiger partial charge in [-0.3, -0.25) is 19.5 Å². The van der Waals surface area contributed by atoms with E-state index in [2.05, 4.69) is 15.9 Å². The Balaban J connectivity index is 1.89. The van der Waals surface area contributed by atoms with Crippen LogP contribution >= 0.6 is 27.3 Å². The fourth-order valence-electron chi connectivity index (χ4n) is 3.55. The number of non-ortho nitro benzene ring substituents is 1. The van der Waals surface area contributed by atoms with Crippen molar-refractivity contribution in [3.05, 3.63) is 99.5 Å². The quantitative estimate of drug-likeness (QED) is 0.286. The molecule has 0 aliphatic carbocycles. The van der Waals surface area contributed by atoms with Crippen molar-refractivity contribution in [2.75, 3.05) is 6.61 Å². The van der Waals surface area contributed by atoms with E-state index >= 15 is 0 Å². The largest absolute Gasteiger partial charge is 0.463 e. The molecular formula is C23H18BrN3O5S. The van der Waals surface area contributed by atoms with Gasteiger partial charge in [-0.1, -0.05) is 39.4 Å². The molecule has 1 aliphatic rings. The number of fused-ring (bicyclic) bond motifs is 1. The average molecular weight is 528 g/mol. The SMILES string of the molecule is CCOC(=O)C1=C(C)n2c(s/c(=C\c3ccc([N+](=O)[O-])cc3)c2=O)=N[C@@H]1c1ccc(Br)cc1. The number of halogens is 1. The molecule has 1 aromatic heterocycles. The Morgan fingerprint density at radius 1 is 1.24 bits per heavy atom. The molecule has 1 aliphatic heterocycles. The molecule has 0 N–H and O–H groups in total. The molecular weight excluding hydrogens is 510 g/mol. The Kier molecular flexibility index (Phi) is 6.39. The third-order valence-corrected chi connectivity index (χ3v) is 6.64. The van der Waals surface area contributed by atoms with Crippen molar-refractivity contribution in [1.29, 1.82) is 0 Å². The summed E-state index contributed by atoms with van der Waals surface area (Å²) in [5.41, 5.74) is 1.89. The lowest BCUT2D eigenvalue weighted by Crippen LogP contribution is -2.35. The Morgan fingerprint density at radius 2 is 1.91 bits per heavy atom. The molecule has 0 fully saturated rings. The lowest BCUT2D eigenvalue weighted by molar-refractivity contribution is -0.384. The minimum absolute atomic E-state index is 0.0282. The fraction of sp³-hybridized carbons (Fsp3) is 0.174. The van der Waals surface area contributed by atoms with Gasteiger partial charge in [0.2, 0.25) is 0 Å². The number of rotatable bonds is 5. The van der Waals surface area contributed by atoms with Crippen molar-refractivity contribution in [3.8, 4) is 0 Å². The summed E-state index contributed by atoms with van der Waals surface area (Å²) in [5, 5.41) is 10.9. The second-order valence-electron chi connectivity index (χ2n) is 7.19. The van der Waals surface area contributed by atoms with E-state index in [4.69, 9.17) is 9.73 Å². The van der Waals surface area contributed by atoms with E-state index in [-0.39, 0.29) is 17.9 Å². The Hall–Kier alpha value is -3.37. The summed E-state index contributed by atoms with van der Waals surface area (Å²) < 4.78 is 8.00. The lowest BCUT2D eigenvalue weighted by Gasteiger charge is -2.22. The lowest BCUT2D eigenvalue weighted by atomic mass is 9.97. The van der Waals surface area contributed by atoms with Crippen LogP contribution in [-0.2, 0) is 9.53 Å². The molecule has 0 saturated heterocycles. The van der Waals surface area contributed by atoms with Crippen molar-refractivity contribution in [1.82, 2.24) is 4.57 Å². The van der Waals surface area contributed by atoms with Gasteiger partial charge < -0.3 is 4.74 Å². The number of nitro benzene ring substituents is 1. The topological polar surface area (TPSA) is 104 Å². The monoisotopic (exact) mass is 527 g/mol. The van der Waals surface area contributed by atoms with Crippen LogP contribution < -0.4 is 14.9 Å². The van der Waals surface area contributed by atoms with E-state index in [1.165, 1.54) is 28.0 Å². The first-order chi connectivity index (χ1) is 15.8. The van der Waals surface area contributed by atoms with Crippen molar-refractivity contribution >= 4 is 50.7 Å². The molecule has 33 heavy (non-hydrogen) atoms. The highest BCUT2D eigenvalue weighted by Crippen LogP contribution is 2.32. The van der Waals surface area contributed by atoms with Gasteiger partial charge in [-0.2, -0.15) is 0 Å². The fourth-order valence-corrected chi connectivity index (χ4v) is 4.85. The molecule has 0 radical (unpaired) electrons. The number of ether oxygens (including phenoxy) is 1. The minimum Gasteiger partial charge on any atom is -0.463 e. The summed E-state index contributed by atoms with van der Waals surface area (Å²) in [6.45, 7) is 3.63. The Morgan fingerprint density at radius 3 is 2.52 bits per heavy atom. The summed E-state index contributed by atoms with van der Waals surface area (Å²) in [5.74, 6) is -0.517. The van der Waals surface area contributed by atoms with Crippen LogP contribution in [-0.4, -0.2) is 22.1 Å². The van der Waals surface area contributed by atoms with Gasteiger partial charge in [0.05, 0.1) is 21.6 Å². The number of nitrogens with zero attached hydrogens (tertiary/aromatic N) is 3. The van der Waals surface area contributed by atoms with Crippen LogP contribution in [0.5, 0.6) is 0 Å². The van der Waals surface area contributed by atoms with E-state index in [0.717, 1.165) is 10.0 Å². The third kappa shape index (κ3) is 4.44. The summed E-state index contributed by atoms with van der Waals surface area (Å²) in [4.78, 5) is 41.6. The molecule has 0 amide bonds. The minimum atomic E-state index is -0.609. The number of esters is 1. The van der Waals surface area contributed by atoms with Crippen LogP contribution in [0.25, 0.3) is 11.8 Å². The molecule has 8 nitrogen and oxygen atoms in total. The van der Waals surface area contributed by atoms with Crippen molar-refractivity contribution in [2.24, 2.45) is 4.99 Å². The van der Waals surface area contributed by atoms with Gasteiger partial charge in [0, 0.05) is 22.3 Å². The van der Waals surface area contributed by atoms with Gasteiger partial charge in [-0.15, -0.1) is 0 Å². The van der Waals surface area contributed by atoms with Gasteiger partial charge in [-0.05, 0) is 55.3 Å². The molecule has 4 rings (SSSR count). The Labute approximate surface area is 200 Å². The van der Waals surface area contributed by atoms with E-state index in [9.17, 15) is 19.7 Å². The molecule has 0 bridgehead atoms. The number of thiazole rings is 1. The van der Waals surface area contributed by atoms with E-state index < -0.39 is 16.9 Å². The second-order valence-corrected chi connectivity index (χ2v) is 9.11. The summed E-state index contributed by atoms with van der Waals surface area (Å²) in [6, 6.07) is 12.8. The van der Waals surface area contributed by atoms with Crippen LogP contribution in [0, 0.1) is 10.1 Å². The maximum absolute atomic E-state index is 13.2. The predicted octanol–water partition coefficient (Wildman–Crippen LogP) is 3.58. The molecule has 0 unspecified atom stereocenters. The number of carbonyl (C=O) groups excluding carboxylic acids is 1. The first-order valence-corrected chi connectivity index (χ1v) is 11.6. The summed E-state index contributed by atoms with van der Waals surface area (Å²) >= 11 is 4.61. The van der Waals surface area contributed by atoms with Crippen molar-refractivity contribution in [2.45, 2.75) is 19.9 Å². The number of aromatic nitrogens is 1. The van der Waals surface area contributed by atoms with Crippen LogP contribution in [0.3, 0.4) is 0 Å². The third-order valence-electron chi connectivity index (χ3n) is 5.13. The number of benzene rings is 2. The van der Waals surface area contributed by atoms with Gasteiger partial charge in [0.15, 0.2) is 4.80 Å². The number of nitro groups is 1.